The molecular formula is C13H22N6. The van der Waals surface area contributed by atoms with Gasteiger partial charge in [0.1, 0.15) is 12.0 Å². The van der Waals surface area contributed by atoms with Crippen LogP contribution in [0.1, 0.15) is 12.8 Å². The summed E-state index contributed by atoms with van der Waals surface area (Å²) >= 11 is 0. The lowest BCUT2D eigenvalue weighted by molar-refractivity contribution is 0.248. The molecule has 2 heterocycles. The summed E-state index contributed by atoms with van der Waals surface area (Å²) in [6.45, 7) is 11.2. The van der Waals surface area contributed by atoms with Crippen LogP contribution in [0.2, 0.25) is 0 Å². The van der Waals surface area contributed by atoms with E-state index in [-0.39, 0.29) is 6.17 Å². The molecule has 0 aromatic heterocycles. The van der Waals surface area contributed by atoms with Crippen molar-refractivity contribution in [3.8, 4) is 0 Å². The Kier molecular flexibility index (Phi) is 4.70. The molecule has 0 radical (unpaired) electrons. The van der Waals surface area contributed by atoms with Gasteiger partial charge in [-0.15, -0.1) is 13.2 Å². The first-order chi connectivity index (χ1) is 9.26. The number of rotatable bonds is 4. The highest BCUT2D eigenvalue weighted by Crippen LogP contribution is 2.14. The van der Waals surface area contributed by atoms with Crippen LogP contribution in [0.15, 0.2) is 35.3 Å². The summed E-state index contributed by atoms with van der Waals surface area (Å²) in [5, 5.41) is 4.98. The molecule has 2 aliphatic heterocycles. The number of piperazine rings is 1. The van der Waals surface area contributed by atoms with Crippen molar-refractivity contribution in [2.45, 2.75) is 19.0 Å². The van der Waals surface area contributed by atoms with Gasteiger partial charge in [0.05, 0.1) is 0 Å². The van der Waals surface area contributed by atoms with Gasteiger partial charge in [-0.1, -0.05) is 12.2 Å². The van der Waals surface area contributed by atoms with Crippen LogP contribution in [0.25, 0.3) is 0 Å². The summed E-state index contributed by atoms with van der Waals surface area (Å²) < 4.78 is 0. The highest BCUT2D eigenvalue weighted by atomic mass is 15.6. The van der Waals surface area contributed by atoms with E-state index < -0.39 is 0 Å². The first-order valence-corrected chi connectivity index (χ1v) is 6.63. The van der Waals surface area contributed by atoms with E-state index in [1.54, 1.807) is 5.01 Å². The summed E-state index contributed by atoms with van der Waals surface area (Å²) in [5.41, 5.74) is 0. The quantitative estimate of drug-likeness (QED) is 0.565. The normalized spacial score (nSPS) is 23.7. The fraction of sp³-hybridized carbons (Fsp3) is 0.538. The molecule has 3 N–H and O–H groups in total. The molecule has 2 rings (SSSR count). The highest BCUT2D eigenvalue weighted by Gasteiger charge is 2.27. The van der Waals surface area contributed by atoms with Crippen LogP contribution in [0.5, 0.6) is 0 Å². The lowest BCUT2D eigenvalue weighted by atomic mass is 10.3. The molecule has 104 valence electrons. The number of nitrogens with one attached hydrogen (secondary N) is 1. The number of aliphatic imine (C=N–C) groups is 2. The zero-order valence-electron chi connectivity index (χ0n) is 11.3. The fourth-order valence-electron chi connectivity index (χ4n) is 2.21. The maximum atomic E-state index is 6.16. The van der Waals surface area contributed by atoms with E-state index >= 15 is 0 Å². The summed E-state index contributed by atoms with van der Waals surface area (Å²) in [7, 11) is 0. The van der Waals surface area contributed by atoms with Gasteiger partial charge in [0, 0.05) is 39.0 Å². The van der Waals surface area contributed by atoms with Crippen molar-refractivity contribution >= 4 is 11.8 Å². The lowest BCUT2D eigenvalue weighted by Crippen LogP contribution is -2.58. The summed E-state index contributed by atoms with van der Waals surface area (Å²) in [5.74, 6) is 7.75. The van der Waals surface area contributed by atoms with Gasteiger partial charge >= 0.3 is 0 Å². The molecule has 6 nitrogen and oxygen atoms in total. The van der Waals surface area contributed by atoms with Crippen LogP contribution >= 0.6 is 0 Å². The second kappa shape index (κ2) is 6.49. The minimum atomic E-state index is -0.116. The number of guanidine groups is 1. The second-order valence-corrected chi connectivity index (χ2v) is 4.60. The molecule has 1 unspecified atom stereocenters. The first-order valence-electron chi connectivity index (χ1n) is 6.63. The van der Waals surface area contributed by atoms with Crippen molar-refractivity contribution in [2.75, 3.05) is 26.2 Å². The number of nitrogens with zero attached hydrogens (tertiary/aromatic N) is 4. The Morgan fingerprint density at radius 3 is 2.68 bits per heavy atom. The van der Waals surface area contributed by atoms with Crippen molar-refractivity contribution in [3.63, 3.8) is 0 Å². The van der Waals surface area contributed by atoms with Crippen LogP contribution in [-0.2, 0) is 0 Å². The largest absolute Gasteiger partial charge is 0.339 e. The van der Waals surface area contributed by atoms with Gasteiger partial charge in [-0.2, -0.15) is 4.99 Å². The molecule has 19 heavy (non-hydrogen) atoms. The summed E-state index contributed by atoms with van der Waals surface area (Å²) in [6.07, 6.45) is 4.91. The van der Waals surface area contributed by atoms with E-state index in [1.165, 1.54) is 0 Å². The third-order valence-corrected chi connectivity index (χ3v) is 3.18. The molecular weight excluding hydrogens is 240 g/mol. The average Bonchev–Trinajstić information content (AvgIpc) is 2.44. The molecule has 1 atom stereocenters. The molecule has 0 aromatic carbocycles. The Bertz CT molecular complexity index is 394. The van der Waals surface area contributed by atoms with E-state index in [0.29, 0.717) is 12.8 Å². The Morgan fingerprint density at radius 1 is 1.32 bits per heavy atom. The summed E-state index contributed by atoms with van der Waals surface area (Å²) in [4.78, 5) is 11.3. The first kappa shape index (κ1) is 13.8. The zero-order valence-corrected chi connectivity index (χ0v) is 11.3. The highest BCUT2D eigenvalue weighted by molar-refractivity contribution is 5.98. The van der Waals surface area contributed by atoms with Gasteiger partial charge in [0.2, 0.25) is 5.96 Å². The van der Waals surface area contributed by atoms with Crippen molar-refractivity contribution in [1.82, 2.24) is 15.2 Å². The average molecular weight is 262 g/mol. The van der Waals surface area contributed by atoms with E-state index in [0.717, 1.165) is 38.0 Å². The Labute approximate surface area is 114 Å². The van der Waals surface area contributed by atoms with Gasteiger partial charge in [0.25, 0.3) is 0 Å². The van der Waals surface area contributed by atoms with E-state index in [4.69, 9.17) is 5.84 Å². The van der Waals surface area contributed by atoms with Crippen LogP contribution in [-0.4, -0.2) is 54.0 Å². The summed E-state index contributed by atoms with van der Waals surface area (Å²) in [6, 6.07) is 0. The fourth-order valence-corrected chi connectivity index (χ4v) is 2.21. The molecule has 0 aliphatic carbocycles. The van der Waals surface area contributed by atoms with E-state index in [1.807, 2.05) is 12.2 Å². The molecule has 0 spiro atoms. The monoisotopic (exact) mass is 262 g/mol. The number of hydrogen-bond acceptors (Lipinski definition) is 6. The molecule has 1 fully saturated rings. The molecule has 0 aromatic rings. The number of nitrogens with two attached hydrogens (primary N) is 1. The van der Waals surface area contributed by atoms with Gasteiger partial charge in [-0.25, -0.2) is 10.8 Å². The third kappa shape index (κ3) is 3.21. The van der Waals surface area contributed by atoms with Crippen molar-refractivity contribution < 1.29 is 0 Å². The minimum absolute atomic E-state index is 0.116. The van der Waals surface area contributed by atoms with Crippen molar-refractivity contribution in [2.24, 2.45) is 15.8 Å². The molecule has 2 aliphatic rings. The van der Waals surface area contributed by atoms with Crippen LogP contribution in [0.3, 0.4) is 0 Å². The Hall–Kier alpha value is -1.66. The molecule has 0 saturated carbocycles. The standard InChI is InChI=1S/C13H22N6/c1-3-5-11-16-12(6-4-2)19(14)13(17-11)18-9-7-15-8-10-18/h3-4,12,15H,1-2,5-10,14H2. The third-order valence-electron chi connectivity index (χ3n) is 3.18. The molecule has 6 heteroatoms. The number of hydrogen-bond donors (Lipinski definition) is 2. The topological polar surface area (TPSA) is 69.2 Å². The predicted molar refractivity (Wildman–Crippen MR) is 78.8 cm³/mol. The molecule has 1 saturated heterocycles. The van der Waals surface area contributed by atoms with E-state index in [9.17, 15) is 0 Å². The second-order valence-electron chi connectivity index (χ2n) is 4.60. The smallest absolute Gasteiger partial charge is 0.219 e. The molecule has 0 bridgehead atoms. The maximum absolute atomic E-state index is 6.16. The van der Waals surface area contributed by atoms with Crippen molar-refractivity contribution in [3.05, 3.63) is 25.3 Å². The Morgan fingerprint density at radius 2 is 2.05 bits per heavy atom. The lowest BCUT2D eigenvalue weighted by Gasteiger charge is -2.38. The number of hydrazine groups is 1. The van der Waals surface area contributed by atoms with Crippen molar-refractivity contribution in [1.29, 1.82) is 0 Å². The van der Waals surface area contributed by atoms with Gasteiger partial charge in [-0.05, 0) is 0 Å². The predicted octanol–water partition coefficient (Wildman–Crippen LogP) is 0.314. The van der Waals surface area contributed by atoms with Gasteiger partial charge in [-0.3, -0.25) is 5.01 Å². The maximum Gasteiger partial charge on any atom is 0.219 e. The van der Waals surface area contributed by atoms with Gasteiger partial charge < -0.3 is 10.2 Å². The molecule has 0 amide bonds. The van der Waals surface area contributed by atoms with Crippen LogP contribution < -0.4 is 11.2 Å². The number of amidine groups is 1. The zero-order chi connectivity index (χ0) is 13.7. The van der Waals surface area contributed by atoms with Gasteiger partial charge in [0.15, 0.2) is 0 Å². The SMILES string of the molecule is C=CCC1=NC(CC=C)N(N)C(N2CCNCC2)=N1. The van der Waals surface area contributed by atoms with E-state index in [2.05, 4.69) is 33.4 Å². The minimum Gasteiger partial charge on any atom is -0.339 e. The van der Waals surface area contributed by atoms with Crippen LogP contribution in [0, 0.1) is 0 Å². The van der Waals surface area contributed by atoms with Crippen LogP contribution in [0.4, 0.5) is 0 Å². The Balaban J connectivity index is 2.20.